The van der Waals surface area contributed by atoms with Gasteiger partial charge in [-0.1, -0.05) is 23.7 Å². The van der Waals surface area contributed by atoms with Crippen LogP contribution in [-0.4, -0.2) is 61.7 Å². The molecule has 1 aliphatic rings. The van der Waals surface area contributed by atoms with Crippen molar-refractivity contribution < 1.29 is 23.9 Å². The van der Waals surface area contributed by atoms with Gasteiger partial charge >= 0.3 is 6.09 Å². The van der Waals surface area contributed by atoms with Gasteiger partial charge in [0, 0.05) is 62.5 Å². The summed E-state index contributed by atoms with van der Waals surface area (Å²) in [5.74, 6) is -0.352. The lowest BCUT2D eigenvalue weighted by molar-refractivity contribution is 0.0126. The fraction of sp³-hybridized carbons (Fsp3) is 0.344. The monoisotopic (exact) mass is 592 g/mol. The molecule has 0 atom stereocenters. The molecule has 9 nitrogen and oxygen atoms in total. The van der Waals surface area contributed by atoms with Gasteiger partial charge in [-0.25, -0.2) is 4.79 Å². The van der Waals surface area contributed by atoms with Crippen molar-refractivity contribution in [2.45, 2.75) is 45.3 Å². The zero-order valence-electron chi connectivity index (χ0n) is 24.6. The second-order valence-corrected chi connectivity index (χ2v) is 11.8. The Balaban J connectivity index is 1.49. The zero-order chi connectivity index (χ0) is 30.4. The number of ether oxygens (including phenoxy) is 2. The van der Waals surface area contributed by atoms with Gasteiger partial charge in [0.15, 0.2) is 0 Å². The number of amides is 3. The van der Waals surface area contributed by atoms with E-state index in [4.69, 9.17) is 21.1 Å². The molecule has 1 fully saturated rings. The molecule has 0 spiro atoms. The number of carbonyl (C=O) groups excluding carboxylic acids is 3. The molecule has 0 aliphatic carbocycles. The molecular weight excluding hydrogens is 556 g/mol. The average molecular weight is 593 g/mol. The molecule has 42 heavy (non-hydrogen) atoms. The van der Waals surface area contributed by atoms with Gasteiger partial charge < -0.3 is 29.9 Å². The maximum atomic E-state index is 13.6. The number of anilines is 3. The lowest BCUT2D eigenvalue weighted by Gasteiger charge is -2.33. The van der Waals surface area contributed by atoms with Gasteiger partial charge in [-0.2, -0.15) is 0 Å². The molecule has 1 heterocycles. The molecule has 0 radical (unpaired) electrons. The molecular formula is C32H37ClN4O5. The highest BCUT2D eigenvalue weighted by Crippen LogP contribution is 2.30. The summed E-state index contributed by atoms with van der Waals surface area (Å²) in [6, 6.07) is 19.0. The van der Waals surface area contributed by atoms with Crippen LogP contribution in [0.4, 0.5) is 21.9 Å². The van der Waals surface area contributed by atoms with Crippen LogP contribution in [0.15, 0.2) is 66.7 Å². The van der Waals surface area contributed by atoms with Gasteiger partial charge in [-0.05, 0) is 69.3 Å². The molecule has 0 bridgehead atoms. The first-order valence-electron chi connectivity index (χ1n) is 13.8. The zero-order valence-corrected chi connectivity index (χ0v) is 25.3. The fourth-order valence-electron chi connectivity index (χ4n) is 4.45. The summed E-state index contributed by atoms with van der Waals surface area (Å²) in [5.41, 5.74) is 1.90. The van der Waals surface area contributed by atoms with Crippen molar-refractivity contribution >= 4 is 46.6 Å². The van der Waals surface area contributed by atoms with Gasteiger partial charge in [0.05, 0.1) is 16.8 Å². The van der Waals surface area contributed by atoms with E-state index in [1.807, 2.05) is 51.9 Å². The summed E-state index contributed by atoms with van der Waals surface area (Å²) in [4.78, 5) is 42.7. The summed E-state index contributed by atoms with van der Waals surface area (Å²) >= 11 is 5.95. The summed E-state index contributed by atoms with van der Waals surface area (Å²) in [6.45, 7) is 6.51. The van der Waals surface area contributed by atoms with Crippen LogP contribution in [-0.2, 0) is 4.74 Å². The Morgan fingerprint density at radius 2 is 1.52 bits per heavy atom. The molecule has 222 valence electrons. The summed E-state index contributed by atoms with van der Waals surface area (Å²) < 4.78 is 11.9. The number of likely N-dealkylation sites (tertiary alicyclic amines) is 1. The third-order valence-corrected chi connectivity index (χ3v) is 6.89. The van der Waals surface area contributed by atoms with Crippen molar-refractivity contribution in [3.8, 4) is 5.75 Å². The van der Waals surface area contributed by atoms with Crippen LogP contribution in [0.5, 0.6) is 5.75 Å². The van der Waals surface area contributed by atoms with Crippen molar-refractivity contribution in [1.29, 1.82) is 0 Å². The predicted octanol–water partition coefficient (Wildman–Crippen LogP) is 6.69. The predicted molar refractivity (Wildman–Crippen MR) is 166 cm³/mol. The Bertz CT molecular complexity index is 1430. The van der Waals surface area contributed by atoms with Crippen molar-refractivity contribution in [3.63, 3.8) is 0 Å². The van der Waals surface area contributed by atoms with E-state index in [2.05, 4.69) is 10.6 Å². The van der Waals surface area contributed by atoms with Crippen LogP contribution in [0, 0.1) is 0 Å². The number of hydrogen-bond acceptors (Lipinski definition) is 6. The molecule has 3 amide bonds. The summed E-state index contributed by atoms with van der Waals surface area (Å²) in [7, 11) is 3.82. The van der Waals surface area contributed by atoms with Crippen LogP contribution in [0.1, 0.15) is 54.3 Å². The van der Waals surface area contributed by atoms with E-state index < -0.39 is 11.5 Å². The van der Waals surface area contributed by atoms with E-state index in [1.54, 1.807) is 59.5 Å². The smallest absolute Gasteiger partial charge is 0.410 e. The van der Waals surface area contributed by atoms with Crippen LogP contribution >= 0.6 is 11.6 Å². The molecule has 2 N–H and O–H groups in total. The van der Waals surface area contributed by atoms with E-state index >= 15 is 0 Å². The lowest BCUT2D eigenvalue weighted by atomic mass is 10.1. The number of nitrogens with zero attached hydrogens (tertiary/aromatic N) is 2. The Morgan fingerprint density at radius 3 is 2.17 bits per heavy atom. The highest BCUT2D eigenvalue weighted by atomic mass is 35.5. The van der Waals surface area contributed by atoms with Crippen LogP contribution in [0.25, 0.3) is 0 Å². The van der Waals surface area contributed by atoms with Gasteiger partial charge in [0.25, 0.3) is 11.8 Å². The number of nitrogens with one attached hydrogen (secondary N) is 2. The molecule has 1 saturated heterocycles. The minimum absolute atomic E-state index is 0.190. The fourth-order valence-corrected chi connectivity index (χ4v) is 4.57. The Labute approximate surface area is 251 Å². The third kappa shape index (κ3) is 8.16. The number of piperidine rings is 1. The lowest BCUT2D eigenvalue weighted by Crippen LogP contribution is -2.44. The second kappa shape index (κ2) is 13.2. The van der Waals surface area contributed by atoms with Gasteiger partial charge in [-0.3, -0.25) is 9.59 Å². The Kier molecular flexibility index (Phi) is 9.63. The average Bonchev–Trinajstić information content (AvgIpc) is 2.94. The first-order valence-corrected chi connectivity index (χ1v) is 14.2. The summed E-state index contributed by atoms with van der Waals surface area (Å²) in [6.07, 6.45) is 0.667. The molecule has 4 rings (SSSR count). The minimum Gasteiger partial charge on any atom is -0.489 e. The van der Waals surface area contributed by atoms with E-state index in [9.17, 15) is 14.4 Å². The topological polar surface area (TPSA) is 100 Å². The quantitative estimate of drug-likeness (QED) is 0.317. The molecule has 3 aromatic rings. The highest BCUT2D eigenvalue weighted by Gasteiger charge is 2.29. The van der Waals surface area contributed by atoms with E-state index in [0.717, 1.165) is 5.69 Å². The molecule has 10 heteroatoms. The van der Waals surface area contributed by atoms with Crippen LogP contribution < -0.4 is 20.3 Å². The van der Waals surface area contributed by atoms with Crippen LogP contribution in [0.3, 0.4) is 0 Å². The number of hydrogen-bond donors (Lipinski definition) is 2. The van der Waals surface area contributed by atoms with Crippen molar-refractivity contribution in [2.75, 3.05) is 42.7 Å². The Morgan fingerprint density at radius 1 is 0.881 bits per heavy atom. The molecule has 1 aliphatic heterocycles. The van der Waals surface area contributed by atoms with Crippen molar-refractivity contribution in [2.24, 2.45) is 0 Å². The minimum atomic E-state index is -0.561. The van der Waals surface area contributed by atoms with Crippen LogP contribution in [0.2, 0.25) is 5.02 Å². The van der Waals surface area contributed by atoms with E-state index in [-0.39, 0.29) is 18.1 Å². The second-order valence-electron chi connectivity index (χ2n) is 11.3. The maximum Gasteiger partial charge on any atom is 0.410 e. The number of halogens is 1. The SMILES string of the molecule is CN(C)c1ccc(C(=O)Nc2ccccc2C(=O)Nc2ccc(Cl)cc2)c(OC2CCN(C(=O)OC(C)(C)C)CC2)c1. The van der Waals surface area contributed by atoms with Crippen molar-refractivity contribution in [3.05, 3.63) is 82.9 Å². The summed E-state index contributed by atoms with van der Waals surface area (Å²) in [5, 5.41) is 6.28. The normalized spacial score (nSPS) is 13.7. The van der Waals surface area contributed by atoms with Gasteiger partial charge in [-0.15, -0.1) is 0 Å². The largest absolute Gasteiger partial charge is 0.489 e. The third-order valence-electron chi connectivity index (χ3n) is 6.64. The number of benzene rings is 3. The first kappa shape index (κ1) is 30.7. The van der Waals surface area contributed by atoms with E-state index in [1.165, 1.54) is 0 Å². The number of carbonyl (C=O) groups is 3. The Hall–Kier alpha value is -4.24. The van der Waals surface area contributed by atoms with Gasteiger partial charge in [0.1, 0.15) is 17.5 Å². The molecule has 3 aromatic carbocycles. The standard InChI is InChI=1S/C32H37ClN4O5/c1-32(2,3)42-31(40)37-18-16-24(17-19-37)41-28-20-23(36(4)5)14-15-26(28)30(39)35-27-9-7-6-8-25(27)29(38)34-22-12-10-21(33)11-13-22/h6-15,20,24H,16-19H2,1-5H3,(H,34,38)(H,35,39). The molecule has 0 saturated carbocycles. The van der Waals surface area contributed by atoms with E-state index in [0.29, 0.717) is 59.2 Å². The first-order chi connectivity index (χ1) is 19.9. The number of rotatable bonds is 7. The van der Waals surface area contributed by atoms with Crippen molar-refractivity contribution in [1.82, 2.24) is 4.90 Å². The van der Waals surface area contributed by atoms with Gasteiger partial charge in [0.2, 0.25) is 0 Å². The molecule has 0 aromatic heterocycles. The maximum absolute atomic E-state index is 13.6. The molecule has 0 unspecified atom stereocenters. The highest BCUT2D eigenvalue weighted by molar-refractivity contribution is 6.30. The number of para-hydroxylation sites is 1.